The topological polar surface area (TPSA) is 26.3 Å². The zero-order chi connectivity index (χ0) is 13.5. The molecule has 0 unspecified atom stereocenters. The summed E-state index contributed by atoms with van der Waals surface area (Å²) in [7, 11) is 0. The molecule has 0 amide bonds. The van der Waals surface area contributed by atoms with Crippen molar-refractivity contribution in [3.63, 3.8) is 0 Å². The van der Waals surface area contributed by atoms with Gasteiger partial charge in [0.2, 0.25) is 0 Å². The van der Waals surface area contributed by atoms with E-state index in [-0.39, 0.29) is 6.10 Å². The first-order chi connectivity index (χ1) is 9.24. The van der Waals surface area contributed by atoms with Crippen molar-refractivity contribution < 1.29 is 9.53 Å². The molecule has 0 bridgehead atoms. The summed E-state index contributed by atoms with van der Waals surface area (Å²) >= 11 is 5.34. The van der Waals surface area contributed by atoms with Crippen LogP contribution in [0.5, 0.6) is 0 Å². The van der Waals surface area contributed by atoms with Gasteiger partial charge < -0.3 is 4.74 Å². The van der Waals surface area contributed by atoms with E-state index in [1.807, 2.05) is 60.7 Å². The van der Waals surface area contributed by atoms with Crippen molar-refractivity contribution in [2.45, 2.75) is 18.9 Å². The first kappa shape index (κ1) is 13.6. The van der Waals surface area contributed by atoms with E-state index in [0.717, 1.165) is 11.1 Å². The normalized spacial score (nSPS) is 10.4. The maximum absolute atomic E-state index is 11.0. The Kier molecular flexibility index (Phi) is 4.99. The van der Waals surface area contributed by atoms with Crippen molar-refractivity contribution >= 4 is 17.0 Å². The first-order valence-electron chi connectivity index (χ1n) is 6.18. The molecule has 2 aromatic carbocycles. The smallest absolute Gasteiger partial charge is 0.404 e. The standard InChI is InChI=1S/C16H15ClO2/c17-16(18)19-15(11-13-7-3-1-4-8-13)12-14-9-5-2-6-10-14/h1-10,15H,11-12H2. The fourth-order valence-corrected chi connectivity index (χ4v) is 2.17. The molecule has 0 aliphatic heterocycles. The number of rotatable bonds is 5. The molecule has 98 valence electrons. The summed E-state index contributed by atoms with van der Waals surface area (Å²) in [4.78, 5) is 11.0. The average molecular weight is 275 g/mol. The van der Waals surface area contributed by atoms with Crippen LogP contribution in [0.4, 0.5) is 4.79 Å². The fourth-order valence-electron chi connectivity index (χ4n) is 2.04. The lowest BCUT2D eigenvalue weighted by Crippen LogP contribution is -2.20. The van der Waals surface area contributed by atoms with Crippen LogP contribution >= 0.6 is 11.6 Å². The van der Waals surface area contributed by atoms with Crippen LogP contribution in [0.3, 0.4) is 0 Å². The molecule has 0 spiro atoms. The molecule has 0 heterocycles. The number of halogens is 1. The van der Waals surface area contributed by atoms with Gasteiger partial charge in [0, 0.05) is 24.4 Å². The Bertz CT molecular complexity index is 469. The van der Waals surface area contributed by atoms with Crippen LogP contribution < -0.4 is 0 Å². The molecule has 0 radical (unpaired) electrons. The second-order valence-electron chi connectivity index (χ2n) is 4.36. The molecular formula is C16H15ClO2. The molecule has 2 nitrogen and oxygen atoms in total. The number of hydrogen-bond donors (Lipinski definition) is 0. The molecule has 0 aliphatic carbocycles. The van der Waals surface area contributed by atoms with Crippen LogP contribution in [0.1, 0.15) is 11.1 Å². The fraction of sp³-hybridized carbons (Fsp3) is 0.188. The van der Waals surface area contributed by atoms with Gasteiger partial charge in [0.15, 0.2) is 0 Å². The minimum atomic E-state index is -0.753. The van der Waals surface area contributed by atoms with Crippen molar-refractivity contribution in [1.82, 2.24) is 0 Å². The lowest BCUT2D eigenvalue weighted by Gasteiger charge is -2.16. The van der Waals surface area contributed by atoms with Crippen LogP contribution in [0.15, 0.2) is 60.7 Å². The lowest BCUT2D eigenvalue weighted by molar-refractivity contribution is 0.121. The van der Waals surface area contributed by atoms with Crippen molar-refractivity contribution in [3.8, 4) is 0 Å². The first-order valence-corrected chi connectivity index (χ1v) is 6.56. The molecule has 19 heavy (non-hydrogen) atoms. The van der Waals surface area contributed by atoms with E-state index < -0.39 is 5.43 Å². The predicted molar refractivity (Wildman–Crippen MR) is 76.4 cm³/mol. The molecule has 2 rings (SSSR count). The van der Waals surface area contributed by atoms with Gasteiger partial charge in [-0.05, 0) is 11.1 Å². The van der Waals surface area contributed by atoms with Gasteiger partial charge in [0.05, 0.1) is 0 Å². The van der Waals surface area contributed by atoms with Crippen LogP contribution in [0.25, 0.3) is 0 Å². The second-order valence-corrected chi connectivity index (χ2v) is 4.67. The van der Waals surface area contributed by atoms with E-state index in [2.05, 4.69) is 0 Å². The molecule has 0 saturated heterocycles. The quantitative estimate of drug-likeness (QED) is 0.763. The zero-order valence-electron chi connectivity index (χ0n) is 10.5. The molecule has 0 atom stereocenters. The van der Waals surface area contributed by atoms with Crippen LogP contribution in [0, 0.1) is 0 Å². The number of ether oxygens (including phenoxy) is 1. The maximum Gasteiger partial charge on any atom is 0.404 e. The van der Waals surface area contributed by atoms with Gasteiger partial charge in [-0.2, -0.15) is 0 Å². The summed E-state index contributed by atoms with van der Waals surface area (Å²) in [6, 6.07) is 19.9. The van der Waals surface area contributed by atoms with Crippen LogP contribution in [-0.2, 0) is 17.6 Å². The van der Waals surface area contributed by atoms with Gasteiger partial charge in [0.1, 0.15) is 6.10 Å². The predicted octanol–water partition coefficient (Wildman–Crippen LogP) is 4.22. The van der Waals surface area contributed by atoms with Gasteiger partial charge in [-0.25, -0.2) is 4.79 Å². The van der Waals surface area contributed by atoms with Crippen molar-refractivity contribution in [2.75, 3.05) is 0 Å². The number of carbonyl (C=O) groups is 1. The molecular weight excluding hydrogens is 260 g/mol. The molecule has 0 aliphatic rings. The molecule has 0 fully saturated rings. The number of benzene rings is 2. The van der Waals surface area contributed by atoms with Gasteiger partial charge in [0.25, 0.3) is 0 Å². The minimum Gasteiger partial charge on any atom is -0.450 e. The van der Waals surface area contributed by atoms with Crippen LogP contribution in [0.2, 0.25) is 0 Å². The summed E-state index contributed by atoms with van der Waals surface area (Å²) in [6.07, 6.45) is 1.08. The average Bonchev–Trinajstić information content (AvgIpc) is 2.40. The Hall–Kier alpha value is -1.80. The third kappa shape index (κ3) is 4.76. The SMILES string of the molecule is O=C(Cl)OC(Cc1ccccc1)Cc1ccccc1. The highest BCUT2D eigenvalue weighted by Gasteiger charge is 2.14. The molecule has 0 saturated carbocycles. The maximum atomic E-state index is 11.0. The van der Waals surface area contributed by atoms with Crippen molar-refractivity contribution in [3.05, 3.63) is 71.8 Å². The van der Waals surface area contributed by atoms with E-state index in [1.165, 1.54) is 0 Å². The Labute approximate surface area is 118 Å². The van der Waals surface area contributed by atoms with Gasteiger partial charge in [-0.15, -0.1) is 0 Å². The van der Waals surface area contributed by atoms with Crippen molar-refractivity contribution in [2.24, 2.45) is 0 Å². The number of hydrogen-bond acceptors (Lipinski definition) is 2. The van der Waals surface area contributed by atoms with E-state index in [1.54, 1.807) is 0 Å². The summed E-state index contributed by atoms with van der Waals surface area (Å²) in [5, 5.41) is 0. The minimum absolute atomic E-state index is 0.241. The monoisotopic (exact) mass is 274 g/mol. The van der Waals surface area contributed by atoms with E-state index in [9.17, 15) is 4.79 Å². The highest BCUT2D eigenvalue weighted by molar-refractivity contribution is 6.61. The number of carbonyl (C=O) groups excluding carboxylic acids is 1. The van der Waals surface area contributed by atoms with Gasteiger partial charge >= 0.3 is 5.43 Å². The third-order valence-corrected chi connectivity index (χ3v) is 2.96. The van der Waals surface area contributed by atoms with Crippen LogP contribution in [-0.4, -0.2) is 11.5 Å². The van der Waals surface area contributed by atoms with Gasteiger partial charge in [-0.1, -0.05) is 60.7 Å². The highest BCUT2D eigenvalue weighted by atomic mass is 35.5. The lowest BCUT2D eigenvalue weighted by atomic mass is 10.0. The Morgan fingerprint density at radius 1 is 0.895 bits per heavy atom. The summed E-state index contributed by atoms with van der Waals surface area (Å²) < 4.78 is 5.18. The summed E-state index contributed by atoms with van der Waals surface area (Å²) in [5.41, 5.74) is 1.50. The summed E-state index contributed by atoms with van der Waals surface area (Å²) in [5.74, 6) is 0. The van der Waals surface area contributed by atoms with E-state index in [4.69, 9.17) is 16.3 Å². The molecule has 2 aromatic rings. The highest BCUT2D eigenvalue weighted by Crippen LogP contribution is 2.13. The van der Waals surface area contributed by atoms with E-state index in [0.29, 0.717) is 12.8 Å². The Morgan fingerprint density at radius 2 is 1.32 bits per heavy atom. The van der Waals surface area contributed by atoms with Gasteiger partial charge in [-0.3, -0.25) is 0 Å². The van der Waals surface area contributed by atoms with Crippen molar-refractivity contribution in [1.29, 1.82) is 0 Å². The second kappa shape index (κ2) is 6.95. The Balaban J connectivity index is 2.06. The zero-order valence-corrected chi connectivity index (χ0v) is 11.2. The van der Waals surface area contributed by atoms with E-state index >= 15 is 0 Å². The summed E-state index contributed by atoms with van der Waals surface area (Å²) in [6.45, 7) is 0. The molecule has 3 heteroatoms. The third-order valence-electron chi connectivity index (χ3n) is 2.87. The Morgan fingerprint density at radius 3 is 1.68 bits per heavy atom. The largest absolute Gasteiger partial charge is 0.450 e. The molecule has 0 N–H and O–H groups in total. The molecule has 0 aromatic heterocycles.